The van der Waals surface area contributed by atoms with Crippen LogP contribution in [0.1, 0.15) is 5.56 Å². The number of hydrogen-bond donors (Lipinski definition) is 0. The van der Waals surface area contributed by atoms with Crippen LogP contribution in [-0.4, -0.2) is 11.0 Å². The second-order valence-electron chi connectivity index (χ2n) is 3.25. The van der Waals surface area contributed by atoms with Crippen molar-refractivity contribution in [3.63, 3.8) is 0 Å². The van der Waals surface area contributed by atoms with Gasteiger partial charge in [0.25, 0.3) is 5.69 Å². The van der Waals surface area contributed by atoms with E-state index in [2.05, 4.69) is 4.74 Å². The van der Waals surface area contributed by atoms with Gasteiger partial charge in [-0.15, -0.1) is 0 Å². The van der Waals surface area contributed by atoms with Gasteiger partial charge in [0.2, 0.25) is 0 Å². The van der Waals surface area contributed by atoms with Crippen LogP contribution in [0.3, 0.4) is 0 Å². The van der Waals surface area contributed by atoms with Gasteiger partial charge < -0.3 is 4.74 Å². The van der Waals surface area contributed by atoms with Gasteiger partial charge in [-0.3, -0.25) is 10.1 Å². The average Bonchev–Trinajstić information content (AvgIpc) is 2.36. The van der Waals surface area contributed by atoms with Crippen LogP contribution < -0.4 is 4.74 Å². The lowest BCUT2D eigenvalue weighted by Gasteiger charge is -2.15. The molecule has 0 aliphatic carbocycles. The molecule has 17 heavy (non-hydrogen) atoms. The van der Waals surface area contributed by atoms with E-state index in [-0.39, 0.29) is 0 Å². The molecular weight excluding hydrogens is 270 g/mol. The predicted octanol–water partition coefficient (Wildman–Crippen LogP) is 3.33. The fraction of sp³-hybridized carbons (Fsp3) is 0.250. The maximum Gasteiger partial charge on any atom is 0.469 e. The smallest absolute Gasteiger partial charge is 0.426 e. The number of nitrogens with zero attached hydrogens (tertiary/aromatic N) is 1. The Bertz CT molecular complexity index is 520. The highest BCUT2D eigenvalue weighted by Gasteiger charge is 2.67. The summed E-state index contributed by atoms with van der Waals surface area (Å²) in [5.41, 5.74) is -2.10. The highest BCUT2D eigenvalue weighted by molar-refractivity contribution is 6.32. The molecule has 0 aromatic heterocycles. The Morgan fingerprint density at radius 1 is 1.29 bits per heavy atom. The first-order valence-corrected chi connectivity index (χ1v) is 4.47. The minimum Gasteiger partial charge on any atom is -0.426 e. The van der Waals surface area contributed by atoms with Crippen molar-refractivity contribution in [3.05, 3.63) is 32.8 Å². The van der Waals surface area contributed by atoms with E-state index in [1.165, 1.54) is 0 Å². The second kappa shape index (κ2) is 3.22. The van der Waals surface area contributed by atoms with Crippen molar-refractivity contribution in [1.82, 2.24) is 0 Å². The second-order valence-corrected chi connectivity index (χ2v) is 3.66. The molecule has 1 aliphatic heterocycles. The first-order valence-electron chi connectivity index (χ1n) is 4.10. The number of rotatable bonds is 1. The number of hydrogen-bond acceptors (Lipinski definition) is 3. The third-order valence-corrected chi connectivity index (χ3v) is 2.45. The average molecular weight is 272 g/mol. The Balaban J connectivity index is 2.69. The van der Waals surface area contributed by atoms with Crippen LogP contribution in [0.5, 0.6) is 5.75 Å². The first kappa shape index (κ1) is 11.9. The molecule has 2 rings (SSSR count). The molecule has 0 atom stereocenters. The van der Waals surface area contributed by atoms with Crippen LogP contribution in [0.2, 0.25) is 5.02 Å². The molecular formula is C8H2ClF4NO3. The fourth-order valence-corrected chi connectivity index (χ4v) is 1.62. The van der Waals surface area contributed by atoms with E-state index < -0.39 is 39.0 Å². The van der Waals surface area contributed by atoms with Gasteiger partial charge in [-0.1, -0.05) is 11.6 Å². The van der Waals surface area contributed by atoms with Gasteiger partial charge in [0.15, 0.2) is 5.75 Å². The third kappa shape index (κ3) is 1.51. The number of nitro benzene ring substituents is 1. The van der Waals surface area contributed by atoms with E-state index >= 15 is 0 Å². The molecule has 4 nitrogen and oxygen atoms in total. The van der Waals surface area contributed by atoms with Crippen molar-refractivity contribution >= 4 is 17.3 Å². The van der Waals surface area contributed by atoms with Gasteiger partial charge in [0.05, 0.1) is 15.5 Å². The Labute approximate surface area is 95.9 Å². The highest BCUT2D eigenvalue weighted by Crippen LogP contribution is 2.56. The molecule has 0 spiro atoms. The lowest BCUT2D eigenvalue weighted by molar-refractivity contribution is -0.385. The van der Waals surface area contributed by atoms with Gasteiger partial charge >= 0.3 is 12.0 Å². The molecule has 0 amide bonds. The number of fused-ring (bicyclic) bond motifs is 1. The molecule has 0 saturated heterocycles. The van der Waals surface area contributed by atoms with E-state index in [0.717, 1.165) is 0 Å². The van der Waals surface area contributed by atoms with Crippen molar-refractivity contribution in [2.75, 3.05) is 0 Å². The standard InChI is InChI=1S/C8H2ClF4NO3/c9-5-2-3(14(15)16)1-4-6(5)17-8(12,13)7(4,10)11/h1-2H. The number of ether oxygens (including phenoxy) is 1. The van der Waals surface area contributed by atoms with E-state index in [9.17, 15) is 27.7 Å². The molecule has 92 valence electrons. The Morgan fingerprint density at radius 3 is 2.41 bits per heavy atom. The fourth-order valence-electron chi connectivity index (χ4n) is 1.37. The number of alkyl halides is 4. The molecule has 0 saturated carbocycles. The molecule has 1 heterocycles. The first-order chi connectivity index (χ1) is 7.67. The molecule has 0 fully saturated rings. The zero-order chi connectivity index (χ0) is 13.0. The minimum atomic E-state index is -4.77. The molecule has 1 aliphatic rings. The Kier molecular flexibility index (Phi) is 2.25. The van der Waals surface area contributed by atoms with Gasteiger partial charge in [-0.2, -0.15) is 17.6 Å². The SMILES string of the molecule is O=[N+]([O-])c1cc(Cl)c2c(c1)C(F)(F)C(F)(F)O2. The lowest BCUT2D eigenvalue weighted by Crippen LogP contribution is -2.36. The monoisotopic (exact) mass is 271 g/mol. The van der Waals surface area contributed by atoms with Crippen LogP contribution in [0.4, 0.5) is 23.2 Å². The summed E-state index contributed by atoms with van der Waals surface area (Å²) in [7, 11) is 0. The molecule has 1 aromatic carbocycles. The van der Waals surface area contributed by atoms with Gasteiger partial charge in [0.1, 0.15) is 0 Å². The number of non-ortho nitro benzene ring substituents is 1. The molecule has 1 aromatic rings. The van der Waals surface area contributed by atoms with Crippen LogP contribution in [-0.2, 0) is 5.92 Å². The van der Waals surface area contributed by atoms with Crippen LogP contribution in [0.25, 0.3) is 0 Å². The summed E-state index contributed by atoms with van der Waals surface area (Å²) in [5, 5.41) is 9.74. The summed E-state index contributed by atoms with van der Waals surface area (Å²) in [6.45, 7) is 0. The third-order valence-electron chi connectivity index (χ3n) is 2.17. The Morgan fingerprint density at radius 2 is 1.88 bits per heavy atom. The molecule has 0 bridgehead atoms. The molecule has 0 radical (unpaired) electrons. The minimum absolute atomic E-state index is 0.322. The van der Waals surface area contributed by atoms with Crippen molar-refractivity contribution in [3.8, 4) is 5.75 Å². The van der Waals surface area contributed by atoms with Gasteiger partial charge in [0, 0.05) is 12.1 Å². The molecule has 9 heteroatoms. The summed E-state index contributed by atoms with van der Waals surface area (Å²) in [6.07, 6.45) is -4.77. The van der Waals surface area contributed by atoms with Crippen molar-refractivity contribution in [1.29, 1.82) is 0 Å². The largest absolute Gasteiger partial charge is 0.469 e. The van der Waals surface area contributed by atoms with Gasteiger partial charge in [-0.25, -0.2) is 0 Å². The van der Waals surface area contributed by atoms with Crippen molar-refractivity contribution in [2.24, 2.45) is 0 Å². The van der Waals surface area contributed by atoms with Crippen LogP contribution in [0, 0.1) is 10.1 Å². The van der Waals surface area contributed by atoms with E-state index in [4.69, 9.17) is 11.6 Å². The molecule has 0 N–H and O–H groups in total. The van der Waals surface area contributed by atoms with E-state index in [0.29, 0.717) is 12.1 Å². The predicted molar refractivity (Wildman–Crippen MR) is 47.6 cm³/mol. The zero-order valence-electron chi connectivity index (χ0n) is 7.72. The number of nitro groups is 1. The van der Waals surface area contributed by atoms with Gasteiger partial charge in [-0.05, 0) is 0 Å². The quantitative estimate of drug-likeness (QED) is 0.447. The van der Waals surface area contributed by atoms with E-state index in [1.807, 2.05) is 0 Å². The van der Waals surface area contributed by atoms with Crippen molar-refractivity contribution in [2.45, 2.75) is 12.0 Å². The zero-order valence-corrected chi connectivity index (χ0v) is 8.47. The summed E-state index contributed by atoms with van der Waals surface area (Å²) < 4.78 is 55.8. The normalized spacial score (nSPS) is 19.6. The molecule has 0 unspecified atom stereocenters. The Hall–Kier alpha value is -1.57. The summed E-state index contributed by atoms with van der Waals surface area (Å²) >= 11 is 5.38. The topological polar surface area (TPSA) is 52.4 Å². The van der Waals surface area contributed by atoms with Crippen LogP contribution in [0.15, 0.2) is 12.1 Å². The maximum atomic E-state index is 13.2. The summed E-state index contributed by atoms with van der Waals surface area (Å²) in [5.74, 6) is -5.59. The summed E-state index contributed by atoms with van der Waals surface area (Å²) in [6, 6.07) is 0.986. The van der Waals surface area contributed by atoms with Crippen molar-refractivity contribution < 1.29 is 27.2 Å². The highest BCUT2D eigenvalue weighted by atomic mass is 35.5. The maximum absolute atomic E-state index is 13.2. The van der Waals surface area contributed by atoms with Crippen LogP contribution >= 0.6 is 11.6 Å². The number of benzene rings is 1. The lowest BCUT2D eigenvalue weighted by atomic mass is 10.1. The summed E-state index contributed by atoms with van der Waals surface area (Å²) in [4.78, 5) is 9.38. The van der Waals surface area contributed by atoms with E-state index in [1.54, 1.807) is 0 Å². The number of halogens is 5.